The van der Waals surface area contributed by atoms with Crippen molar-refractivity contribution < 1.29 is 0 Å². The second kappa shape index (κ2) is 5.95. The van der Waals surface area contributed by atoms with Gasteiger partial charge in [0.1, 0.15) is 0 Å². The van der Waals surface area contributed by atoms with E-state index in [1.54, 1.807) is 11.1 Å². The van der Waals surface area contributed by atoms with E-state index in [0.29, 0.717) is 0 Å². The number of hydrogen-bond acceptors (Lipinski definition) is 0. The zero-order valence-electron chi connectivity index (χ0n) is 10.7. The molecule has 0 aromatic heterocycles. The molecule has 0 saturated heterocycles. The highest BCUT2D eigenvalue weighted by Crippen LogP contribution is 2.32. The van der Waals surface area contributed by atoms with Crippen LogP contribution in [0.3, 0.4) is 0 Å². The Morgan fingerprint density at radius 1 is 1.33 bits per heavy atom. The van der Waals surface area contributed by atoms with Crippen LogP contribution in [0.4, 0.5) is 0 Å². The van der Waals surface area contributed by atoms with E-state index in [4.69, 9.17) is 0 Å². The van der Waals surface area contributed by atoms with Gasteiger partial charge in [0.15, 0.2) is 0 Å². The Morgan fingerprint density at radius 3 is 2.67 bits per heavy atom. The summed E-state index contributed by atoms with van der Waals surface area (Å²) >= 11 is 0. The highest BCUT2D eigenvalue weighted by molar-refractivity contribution is 5.46. The van der Waals surface area contributed by atoms with Gasteiger partial charge in [0.25, 0.3) is 0 Å². The third-order valence-electron chi connectivity index (χ3n) is 3.15. The lowest BCUT2D eigenvalue weighted by Crippen LogP contribution is -1.85. The largest absolute Gasteiger partial charge is 0.0813 e. The van der Waals surface area contributed by atoms with Gasteiger partial charge >= 0.3 is 0 Å². The fourth-order valence-electron chi connectivity index (χ4n) is 2.12. The van der Waals surface area contributed by atoms with Gasteiger partial charge in [0, 0.05) is 0 Å². The third kappa shape index (κ3) is 3.37. The Bertz CT molecular complexity index is 300. The van der Waals surface area contributed by atoms with Crippen LogP contribution in [0.1, 0.15) is 59.8 Å². The predicted octanol–water partition coefficient (Wildman–Crippen LogP) is 5.18. The lowest BCUT2D eigenvalue weighted by atomic mass is 10.0. The van der Waals surface area contributed by atoms with Crippen molar-refractivity contribution in [2.75, 3.05) is 0 Å². The molecule has 0 spiro atoms. The molecule has 0 unspecified atom stereocenters. The first kappa shape index (κ1) is 12.3. The Kier molecular flexibility index (Phi) is 4.87. The van der Waals surface area contributed by atoms with Crippen LogP contribution in [0.5, 0.6) is 0 Å². The van der Waals surface area contributed by atoms with E-state index >= 15 is 0 Å². The predicted molar refractivity (Wildman–Crippen MR) is 69.0 cm³/mol. The SMILES string of the molecule is CCCC=C(C)C1=CC(C)=C(CCC)C1. The van der Waals surface area contributed by atoms with Crippen molar-refractivity contribution in [3.8, 4) is 0 Å². The summed E-state index contributed by atoms with van der Waals surface area (Å²) in [5.41, 5.74) is 6.19. The van der Waals surface area contributed by atoms with E-state index < -0.39 is 0 Å². The first-order valence-electron chi connectivity index (χ1n) is 6.25. The fraction of sp³-hybridized carbons (Fsp3) is 0.600. The van der Waals surface area contributed by atoms with Crippen LogP contribution in [0.25, 0.3) is 0 Å². The van der Waals surface area contributed by atoms with Crippen molar-refractivity contribution in [1.29, 1.82) is 0 Å². The minimum absolute atomic E-state index is 1.20. The van der Waals surface area contributed by atoms with Gasteiger partial charge in [-0.15, -0.1) is 0 Å². The van der Waals surface area contributed by atoms with Crippen molar-refractivity contribution in [2.24, 2.45) is 0 Å². The third-order valence-corrected chi connectivity index (χ3v) is 3.15. The van der Waals surface area contributed by atoms with Crippen molar-refractivity contribution in [3.63, 3.8) is 0 Å². The smallest absolute Gasteiger partial charge is 0.00588 e. The monoisotopic (exact) mass is 204 g/mol. The molecule has 0 aliphatic heterocycles. The summed E-state index contributed by atoms with van der Waals surface area (Å²) in [5, 5.41) is 0. The maximum atomic E-state index is 2.38. The van der Waals surface area contributed by atoms with Gasteiger partial charge in [-0.2, -0.15) is 0 Å². The number of rotatable bonds is 5. The molecule has 0 fully saturated rings. The second-order valence-corrected chi connectivity index (χ2v) is 4.56. The Labute approximate surface area is 94.8 Å². The van der Waals surface area contributed by atoms with Crippen LogP contribution in [-0.4, -0.2) is 0 Å². The molecule has 0 saturated carbocycles. The van der Waals surface area contributed by atoms with Crippen LogP contribution in [-0.2, 0) is 0 Å². The summed E-state index contributed by atoms with van der Waals surface area (Å²) in [7, 11) is 0. The molecule has 0 atom stereocenters. The topological polar surface area (TPSA) is 0 Å². The van der Waals surface area contributed by atoms with E-state index in [-0.39, 0.29) is 0 Å². The molecule has 0 bridgehead atoms. The fourth-order valence-corrected chi connectivity index (χ4v) is 2.12. The second-order valence-electron chi connectivity index (χ2n) is 4.56. The highest BCUT2D eigenvalue weighted by Gasteiger charge is 2.12. The maximum absolute atomic E-state index is 2.38. The van der Waals surface area contributed by atoms with Gasteiger partial charge in [-0.05, 0) is 38.7 Å². The summed E-state index contributed by atoms with van der Waals surface area (Å²) in [6, 6.07) is 0. The zero-order chi connectivity index (χ0) is 11.3. The van der Waals surface area contributed by atoms with Crippen LogP contribution in [0.2, 0.25) is 0 Å². The van der Waals surface area contributed by atoms with Gasteiger partial charge in [-0.25, -0.2) is 0 Å². The average molecular weight is 204 g/mol. The molecule has 0 amide bonds. The van der Waals surface area contributed by atoms with Crippen molar-refractivity contribution >= 4 is 0 Å². The van der Waals surface area contributed by atoms with Crippen molar-refractivity contribution in [3.05, 3.63) is 34.4 Å². The Balaban J connectivity index is 2.61. The minimum Gasteiger partial charge on any atom is -0.0813 e. The van der Waals surface area contributed by atoms with Gasteiger partial charge < -0.3 is 0 Å². The van der Waals surface area contributed by atoms with E-state index in [1.807, 2.05) is 0 Å². The van der Waals surface area contributed by atoms with Crippen LogP contribution in [0.15, 0.2) is 34.4 Å². The number of hydrogen-bond donors (Lipinski definition) is 0. The lowest BCUT2D eigenvalue weighted by molar-refractivity contribution is 0.869. The number of unbranched alkanes of at least 4 members (excludes halogenated alkanes) is 1. The first-order valence-corrected chi connectivity index (χ1v) is 6.25. The standard InChI is InChI=1S/C15H24/c1-5-7-9-12(3)15-10-13(4)14(11-15)8-6-2/h9-10H,5-8,11H2,1-4H3. The Hall–Kier alpha value is -0.780. The quantitative estimate of drug-likeness (QED) is 0.579. The maximum Gasteiger partial charge on any atom is -0.00588 e. The number of allylic oxidation sites excluding steroid dienone is 6. The molecule has 0 nitrogen and oxygen atoms in total. The van der Waals surface area contributed by atoms with Crippen molar-refractivity contribution in [1.82, 2.24) is 0 Å². The van der Waals surface area contributed by atoms with Gasteiger partial charge in [0.05, 0.1) is 0 Å². The minimum atomic E-state index is 1.20. The molecular weight excluding hydrogens is 180 g/mol. The molecule has 0 N–H and O–H groups in total. The van der Waals surface area contributed by atoms with Gasteiger partial charge in [-0.1, -0.05) is 55.6 Å². The lowest BCUT2D eigenvalue weighted by Gasteiger charge is -2.05. The molecular formula is C15H24. The van der Waals surface area contributed by atoms with E-state index in [9.17, 15) is 0 Å². The van der Waals surface area contributed by atoms with Gasteiger partial charge in [-0.3, -0.25) is 0 Å². The van der Waals surface area contributed by atoms with E-state index in [0.717, 1.165) is 0 Å². The van der Waals surface area contributed by atoms with Crippen LogP contribution in [0, 0.1) is 0 Å². The normalized spacial score (nSPS) is 17.3. The average Bonchev–Trinajstić information content (AvgIpc) is 2.58. The molecule has 15 heavy (non-hydrogen) atoms. The van der Waals surface area contributed by atoms with Crippen LogP contribution >= 0.6 is 0 Å². The summed E-state index contributed by atoms with van der Waals surface area (Å²) in [6.07, 6.45) is 11.0. The molecule has 1 aliphatic carbocycles. The van der Waals surface area contributed by atoms with E-state index in [1.165, 1.54) is 43.3 Å². The first-order chi connectivity index (χ1) is 7.19. The molecule has 0 radical (unpaired) electrons. The molecule has 1 rings (SSSR count). The molecule has 0 aromatic rings. The van der Waals surface area contributed by atoms with Gasteiger partial charge in [0.2, 0.25) is 0 Å². The summed E-state index contributed by atoms with van der Waals surface area (Å²) in [6.45, 7) is 9.01. The molecule has 0 aromatic carbocycles. The Morgan fingerprint density at radius 2 is 2.07 bits per heavy atom. The van der Waals surface area contributed by atoms with E-state index in [2.05, 4.69) is 39.8 Å². The zero-order valence-corrected chi connectivity index (χ0v) is 10.7. The highest BCUT2D eigenvalue weighted by atomic mass is 14.2. The molecule has 1 aliphatic rings. The summed E-state index contributed by atoms with van der Waals surface area (Å²) in [4.78, 5) is 0. The summed E-state index contributed by atoms with van der Waals surface area (Å²) < 4.78 is 0. The van der Waals surface area contributed by atoms with Crippen molar-refractivity contribution in [2.45, 2.75) is 59.8 Å². The summed E-state index contributed by atoms with van der Waals surface area (Å²) in [5.74, 6) is 0. The molecule has 0 heterocycles. The molecule has 84 valence electrons. The molecule has 0 heteroatoms. The van der Waals surface area contributed by atoms with Crippen LogP contribution < -0.4 is 0 Å².